The molecule has 0 heteroatoms. The van der Waals surface area contributed by atoms with Crippen molar-refractivity contribution >= 4 is 0 Å². The summed E-state index contributed by atoms with van der Waals surface area (Å²) < 4.78 is 0. The van der Waals surface area contributed by atoms with Crippen LogP contribution in [0.25, 0.3) is 0 Å². The van der Waals surface area contributed by atoms with E-state index in [1.54, 1.807) is 0 Å². The lowest BCUT2D eigenvalue weighted by molar-refractivity contribution is 0.286. The molecule has 0 heterocycles. The monoisotopic (exact) mass is 232 g/mol. The lowest BCUT2D eigenvalue weighted by atomic mass is 9.81. The molecule has 0 nitrogen and oxygen atoms in total. The molecule has 0 aliphatic heterocycles. The van der Waals surface area contributed by atoms with Crippen LogP contribution in [0.1, 0.15) is 58.6 Å². The van der Waals surface area contributed by atoms with Crippen LogP contribution in [0.2, 0.25) is 0 Å². The highest BCUT2D eigenvalue weighted by atomic mass is 14.2. The largest absolute Gasteiger partial charge is 0.0625 e. The van der Waals surface area contributed by atoms with E-state index in [0.29, 0.717) is 5.92 Å². The van der Waals surface area contributed by atoms with E-state index in [1.165, 1.54) is 17.5 Å². The molecule has 17 heavy (non-hydrogen) atoms. The molecule has 0 aliphatic carbocycles. The minimum atomic E-state index is 0.634. The maximum atomic E-state index is 2.34. The molecule has 0 N–H and O–H groups in total. The molecule has 0 spiro atoms. The molecule has 0 aromatic heterocycles. The molecule has 0 radical (unpaired) electrons. The minimum Gasteiger partial charge on any atom is -0.0625 e. The van der Waals surface area contributed by atoms with Gasteiger partial charge < -0.3 is 0 Å². The molecule has 1 rings (SSSR count). The molecule has 0 fully saturated rings. The second kappa shape index (κ2) is 6.23. The number of hydrogen-bond acceptors (Lipinski definition) is 0. The molecule has 0 saturated carbocycles. The topological polar surface area (TPSA) is 0 Å². The Hall–Kier alpha value is -0.780. The van der Waals surface area contributed by atoms with Gasteiger partial charge in [0.1, 0.15) is 0 Å². The molecule has 1 aromatic rings. The number of rotatable bonds is 5. The summed E-state index contributed by atoms with van der Waals surface area (Å²) in [5.41, 5.74) is 2.93. The third-order valence-corrected chi connectivity index (χ3v) is 3.83. The highest BCUT2D eigenvalue weighted by Crippen LogP contribution is 2.25. The van der Waals surface area contributed by atoms with Crippen molar-refractivity contribution in [3.05, 3.63) is 35.4 Å². The maximum Gasteiger partial charge on any atom is -0.0219 e. The standard InChI is InChI=1S/C17H28/c1-12(2)16-9-7-15(8-10-16)11-17(13(3)4)14(5)6/h7-10,12-14,17H,11H2,1-6H3. The first-order valence-corrected chi connectivity index (χ1v) is 7.00. The Bertz CT molecular complexity index is 308. The summed E-state index contributed by atoms with van der Waals surface area (Å²) in [6.07, 6.45) is 1.22. The molecule has 0 amide bonds. The van der Waals surface area contributed by atoms with E-state index in [1.807, 2.05) is 0 Å². The minimum absolute atomic E-state index is 0.634. The van der Waals surface area contributed by atoms with E-state index in [-0.39, 0.29) is 0 Å². The lowest BCUT2D eigenvalue weighted by Gasteiger charge is -2.25. The van der Waals surface area contributed by atoms with Crippen molar-refractivity contribution in [3.63, 3.8) is 0 Å². The van der Waals surface area contributed by atoms with Crippen LogP contribution >= 0.6 is 0 Å². The van der Waals surface area contributed by atoms with Gasteiger partial charge in [0.2, 0.25) is 0 Å². The van der Waals surface area contributed by atoms with Crippen LogP contribution in [0.3, 0.4) is 0 Å². The number of hydrogen-bond donors (Lipinski definition) is 0. The lowest BCUT2D eigenvalue weighted by Crippen LogP contribution is -2.18. The summed E-state index contributed by atoms with van der Waals surface area (Å²) >= 11 is 0. The zero-order chi connectivity index (χ0) is 13.0. The molecule has 0 saturated heterocycles. The average Bonchev–Trinajstić information content (AvgIpc) is 2.25. The van der Waals surface area contributed by atoms with Crippen LogP contribution in [-0.2, 0) is 6.42 Å². The van der Waals surface area contributed by atoms with Gasteiger partial charge in [0.15, 0.2) is 0 Å². The van der Waals surface area contributed by atoms with E-state index in [9.17, 15) is 0 Å². The summed E-state index contributed by atoms with van der Waals surface area (Å²) in [5.74, 6) is 2.95. The van der Waals surface area contributed by atoms with Crippen molar-refractivity contribution in [2.45, 2.75) is 53.9 Å². The van der Waals surface area contributed by atoms with Gasteiger partial charge in [-0.25, -0.2) is 0 Å². The highest BCUT2D eigenvalue weighted by Gasteiger charge is 2.17. The second-order valence-corrected chi connectivity index (χ2v) is 6.25. The number of benzene rings is 1. The third kappa shape index (κ3) is 4.18. The summed E-state index contributed by atoms with van der Waals surface area (Å²) in [6.45, 7) is 13.9. The quantitative estimate of drug-likeness (QED) is 0.648. The molecule has 0 bridgehead atoms. The van der Waals surface area contributed by atoms with E-state index in [2.05, 4.69) is 65.8 Å². The molecular weight excluding hydrogens is 204 g/mol. The van der Waals surface area contributed by atoms with Crippen LogP contribution in [0.5, 0.6) is 0 Å². The van der Waals surface area contributed by atoms with Crippen molar-refractivity contribution in [1.29, 1.82) is 0 Å². The van der Waals surface area contributed by atoms with E-state index in [4.69, 9.17) is 0 Å². The molecule has 0 aliphatic rings. The Balaban J connectivity index is 2.73. The van der Waals surface area contributed by atoms with Gasteiger partial charge in [0, 0.05) is 0 Å². The fourth-order valence-electron chi connectivity index (χ4n) is 2.55. The van der Waals surface area contributed by atoms with E-state index in [0.717, 1.165) is 17.8 Å². The predicted molar refractivity (Wildman–Crippen MR) is 77.4 cm³/mol. The van der Waals surface area contributed by atoms with Crippen molar-refractivity contribution in [2.24, 2.45) is 17.8 Å². The summed E-state index contributed by atoms with van der Waals surface area (Å²) in [4.78, 5) is 0. The van der Waals surface area contributed by atoms with Crippen LogP contribution in [0.15, 0.2) is 24.3 Å². The highest BCUT2D eigenvalue weighted by molar-refractivity contribution is 5.25. The molecule has 96 valence electrons. The van der Waals surface area contributed by atoms with Gasteiger partial charge >= 0.3 is 0 Å². The normalized spacial score (nSPS) is 12.1. The van der Waals surface area contributed by atoms with Crippen molar-refractivity contribution in [2.75, 3.05) is 0 Å². The molecule has 0 atom stereocenters. The van der Waals surface area contributed by atoms with Gasteiger partial charge in [0.05, 0.1) is 0 Å². The van der Waals surface area contributed by atoms with Gasteiger partial charge in [-0.15, -0.1) is 0 Å². The third-order valence-electron chi connectivity index (χ3n) is 3.83. The molecule has 0 unspecified atom stereocenters. The molecular formula is C17H28. The molecule has 1 aromatic carbocycles. The van der Waals surface area contributed by atoms with Gasteiger partial charge in [0.25, 0.3) is 0 Å². The summed E-state index contributed by atoms with van der Waals surface area (Å²) in [7, 11) is 0. The Morgan fingerprint density at radius 3 is 1.59 bits per heavy atom. The first kappa shape index (κ1) is 14.3. The first-order chi connectivity index (χ1) is 7.91. The van der Waals surface area contributed by atoms with Crippen molar-refractivity contribution < 1.29 is 0 Å². The predicted octanol–water partition coefficient (Wildman–Crippen LogP) is 5.28. The van der Waals surface area contributed by atoms with Gasteiger partial charge in [-0.3, -0.25) is 0 Å². The van der Waals surface area contributed by atoms with Crippen molar-refractivity contribution in [3.8, 4) is 0 Å². The fourth-order valence-corrected chi connectivity index (χ4v) is 2.55. The summed E-state index contributed by atoms with van der Waals surface area (Å²) in [6, 6.07) is 9.20. The SMILES string of the molecule is CC(C)c1ccc(CC(C(C)C)C(C)C)cc1. The van der Waals surface area contributed by atoms with Gasteiger partial charge in [-0.2, -0.15) is 0 Å². The van der Waals surface area contributed by atoms with Gasteiger partial charge in [-0.1, -0.05) is 65.8 Å². The average molecular weight is 232 g/mol. The zero-order valence-corrected chi connectivity index (χ0v) is 12.3. The Morgan fingerprint density at radius 1 is 0.765 bits per heavy atom. The van der Waals surface area contributed by atoms with Crippen molar-refractivity contribution in [1.82, 2.24) is 0 Å². The van der Waals surface area contributed by atoms with Gasteiger partial charge in [-0.05, 0) is 41.2 Å². The van der Waals surface area contributed by atoms with Crippen LogP contribution in [0.4, 0.5) is 0 Å². The van der Waals surface area contributed by atoms with Crippen LogP contribution in [0, 0.1) is 17.8 Å². The Morgan fingerprint density at radius 2 is 1.24 bits per heavy atom. The maximum absolute atomic E-state index is 2.34. The zero-order valence-electron chi connectivity index (χ0n) is 12.3. The van der Waals surface area contributed by atoms with Crippen LogP contribution < -0.4 is 0 Å². The first-order valence-electron chi connectivity index (χ1n) is 7.00. The van der Waals surface area contributed by atoms with E-state index < -0.39 is 0 Å². The Labute approximate surface area is 107 Å². The second-order valence-electron chi connectivity index (χ2n) is 6.25. The smallest absolute Gasteiger partial charge is 0.0219 e. The summed E-state index contributed by atoms with van der Waals surface area (Å²) in [5, 5.41) is 0. The Kier molecular flexibility index (Phi) is 5.24. The van der Waals surface area contributed by atoms with E-state index >= 15 is 0 Å². The fraction of sp³-hybridized carbons (Fsp3) is 0.647. The van der Waals surface area contributed by atoms with Crippen LogP contribution in [-0.4, -0.2) is 0 Å².